The molecule has 0 spiro atoms. The van der Waals surface area contributed by atoms with Crippen molar-refractivity contribution in [2.75, 3.05) is 25.0 Å². The van der Waals surface area contributed by atoms with Gasteiger partial charge in [-0.15, -0.1) is 0 Å². The first-order valence-corrected chi connectivity index (χ1v) is 8.15. The normalized spacial score (nSPS) is 15.1. The van der Waals surface area contributed by atoms with Gasteiger partial charge < -0.3 is 9.80 Å². The second kappa shape index (κ2) is 6.29. The van der Waals surface area contributed by atoms with E-state index in [2.05, 4.69) is 28.2 Å². The summed E-state index contributed by atoms with van der Waals surface area (Å²) in [6.45, 7) is 2.33. The van der Waals surface area contributed by atoms with Gasteiger partial charge in [-0.2, -0.15) is 5.10 Å². The summed E-state index contributed by atoms with van der Waals surface area (Å²) in [6.07, 6.45) is 3.64. The monoisotopic (exact) mass is 340 g/mol. The van der Waals surface area contributed by atoms with Gasteiger partial charge in [-0.3, -0.25) is 5.10 Å². The highest BCUT2D eigenvalue weighted by Crippen LogP contribution is 2.34. The zero-order chi connectivity index (χ0) is 17.4. The van der Waals surface area contributed by atoms with Gasteiger partial charge in [-0.25, -0.2) is 8.78 Å². The molecular formula is C19H18F2N4. The van der Waals surface area contributed by atoms with E-state index in [-0.39, 0.29) is 0 Å². The number of aromatic nitrogens is 2. The molecule has 2 heterocycles. The van der Waals surface area contributed by atoms with Crippen LogP contribution in [-0.4, -0.2) is 35.2 Å². The van der Waals surface area contributed by atoms with Crippen LogP contribution in [-0.2, 0) is 6.54 Å². The largest absolute Gasteiger partial charge is 0.340 e. The lowest BCUT2D eigenvalue weighted by molar-refractivity contribution is 0.343. The number of benzene rings is 2. The summed E-state index contributed by atoms with van der Waals surface area (Å²) in [7, 11) is 2.06. The molecule has 4 rings (SSSR count). The first kappa shape index (κ1) is 15.8. The number of likely N-dealkylation sites (N-methyl/N-ethyl adjacent to an activating group) is 1. The third-order valence-electron chi connectivity index (χ3n) is 4.56. The molecule has 3 aromatic rings. The fourth-order valence-corrected chi connectivity index (χ4v) is 3.25. The number of nitrogens with zero attached hydrogens (tertiary/aromatic N) is 3. The first-order valence-electron chi connectivity index (χ1n) is 8.15. The minimum absolute atomic E-state index is 0.659. The minimum atomic E-state index is -0.828. The van der Waals surface area contributed by atoms with Gasteiger partial charge in [-0.05, 0) is 42.4 Å². The number of rotatable bonds is 2. The number of hydrogen-bond donors (Lipinski definition) is 1. The lowest BCUT2D eigenvalue weighted by atomic mass is 10.0. The summed E-state index contributed by atoms with van der Waals surface area (Å²) in [5, 5.41) is 6.83. The van der Waals surface area contributed by atoms with Crippen LogP contribution in [0.15, 0.2) is 48.8 Å². The molecule has 1 N–H and O–H groups in total. The molecule has 0 atom stereocenters. The van der Waals surface area contributed by atoms with Crippen LogP contribution in [0.5, 0.6) is 0 Å². The molecule has 0 amide bonds. The highest BCUT2D eigenvalue weighted by atomic mass is 19.2. The van der Waals surface area contributed by atoms with Crippen LogP contribution in [0.2, 0.25) is 0 Å². The molecule has 6 heteroatoms. The van der Waals surface area contributed by atoms with Gasteiger partial charge in [0.2, 0.25) is 0 Å². The zero-order valence-electron chi connectivity index (χ0n) is 13.8. The van der Waals surface area contributed by atoms with Crippen LogP contribution in [0.25, 0.3) is 11.1 Å². The molecule has 0 aliphatic carbocycles. The number of anilines is 2. The molecule has 0 saturated carbocycles. The Hall–Kier alpha value is -2.73. The van der Waals surface area contributed by atoms with E-state index in [0.717, 1.165) is 35.5 Å². The van der Waals surface area contributed by atoms with Gasteiger partial charge in [0.05, 0.1) is 6.20 Å². The molecule has 0 saturated heterocycles. The van der Waals surface area contributed by atoms with Crippen molar-refractivity contribution in [2.24, 2.45) is 0 Å². The maximum Gasteiger partial charge on any atom is 0.160 e. The van der Waals surface area contributed by atoms with E-state index in [4.69, 9.17) is 0 Å². The van der Waals surface area contributed by atoms with Crippen LogP contribution < -0.4 is 4.90 Å². The van der Waals surface area contributed by atoms with Gasteiger partial charge in [0, 0.05) is 48.8 Å². The smallest absolute Gasteiger partial charge is 0.160 e. The molecule has 0 unspecified atom stereocenters. The van der Waals surface area contributed by atoms with Crippen molar-refractivity contribution < 1.29 is 8.78 Å². The average Bonchev–Trinajstić information content (AvgIpc) is 3.08. The highest BCUT2D eigenvalue weighted by molar-refractivity contribution is 5.73. The first-order chi connectivity index (χ1) is 12.1. The molecule has 25 heavy (non-hydrogen) atoms. The fraction of sp³-hybridized carbons (Fsp3) is 0.211. The Balaban J connectivity index is 1.79. The quantitative estimate of drug-likeness (QED) is 0.767. The van der Waals surface area contributed by atoms with Crippen LogP contribution in [0.4, 0.5) is 20.2 Å². The molecule has 1 aliphatic heterocycles. The van der Waals surface area contributed by atoms with E-state index in [9.17, 15) is 8.78 Å². The molecule has 0 bridgehead atoms. The van der Waals surface area contributed by atoms with Crippen LogP contribution >= 0.6 is 0 Å². The van der Waals surface area contributed by atoms with E-state index >= 15 is 0 Å². The summed E-state index contributed by atoms with van der Waals surface area (Å²) in [6, 6.07) is 10.3. The predicted molar refractivity (Wildman–Crippen MR) is 93.7 cm³/mol. The van der Waals surface area contributed by atoms with Crippen LogP contribution in [0, 0.1) is 11.6 Å². The third kappa shape index (κ3) is 3.00. The molecule has 0 fully saturated rings. The van der Waals surface area contributed by atoms with Crippen molar-refractivity contribution in [3.05, 3.63) is 66.0 Å². The summed E-state index contributed by atoms with van der Waals surface area (Å²) in [5.74, 6) is -1.65. The number of halogens is 2. The SMILES string of the molecule is CN1CCN(c2ccc(F)c(F)c2)c2ccc(-c3cn[nH]c3)cc2C1. The van der Waals surface area contributed by atoms with E-state index in [0.29, 0.717) is 12.2 Å². The van der Waals surface area contributed by atoms with Crippen LogP contribution in [0.3, 0.4) is 0 Å². The lowest BCUT2D eigenvalue weighted by Gasteiger charge is -2.25. The van der Waals surface area contributed by atoms with E-state index < -0.39 is 11.6 Å². The molecule has 4 nitrogen and oxygen atoms in total. The standard InChI is InChI=1S/C19H18F2N4/c1-24-6-7-25(16-3-4-17(20)18(21)9-16)19-5-2-13(8-14(19)12-24)15-10-22-23-11-15/h2-5,8-11H,6-7,12H2,1H3,(H,22,23). The fourth-order valence-electron chi connectivity index (χ4n) is 3.25. The maximum atomic E-state index is 13.7. The second-order valence-electron chi connectivity index (χ2n) is 6.32. The minimum Gasteiger partial charge on any atom is -0.340 e. The average molecular weight is 340 g/mol. The summed E-state index contributed by atoms with van der Waals surface area (Å²) in [5.41, 5.74) is 4.92. The molecule has 1 aromatic heterocycles. The Labute approximate surface area is 144 Å². The van der Waals surface area contributed by atoms with Crippen LogP contribution in [0.1, 0.15) is 5.56 Å². The van der Waals surface area contributed by atoms with Crippen molar-refractivity contribution in [2.45, 2.75) is 6.54 Å². The van der Waals surface area contributed by atoms with E-state index in [1.807, 2.05) is 23.2 Å². The van der Waals surface area contributed by atoms with Gasteiger partial charge >= 0.3 is 0 Å². The molecule has 2 aromatic carbocycles. The lowest BCUT2D eigenvalue weighted by Crippen LogP contribution is -2.26. The summed E-state index contributed by atoms with van der Waals surface area (Å²) in [4.78, 5) is 4.26. The topological polar surface area (TPSA) is 35.2 Å². The molecule has 0 radical (unpaired) electrons. The van der Waals surface area contributed by atoms with Gasteiger partial charge in [0.15, 0.2) is 11.6 Å². The van der Waals surface area contributed by atoms with Gasteiger partial charge in [-0.1, -0.05) is 6.07 Å². The van der Waals surface area contributed by atoms with E-state index in [1.165, 1.54) is 12.1 Å². The maximum absolute atomic E-state index is 13.7. The molecule has 1 aliphatic rings. The number of hydrogen-bond acceptors (Lipinski definition) is 3. The summed E-state index contributed by atoms with van der Waals surface area (Å²) < 4.78 is 27.0. The molecule has 128 valence electrons. The number of H-pyrrole nitrogens is 1. The Kier molecular flexibility index (Phi) is 3.97. The highest BCUT2D eigenvalue weighted by Gasteiger charge is 2.21. The van der Waals surface area contributed by atoms with Crippen molar-refractivity contribution in [3.63, 3.8) is 0 Å². The van der Waals surface area contributed by atoms with Gasteiger partial charge in [0.25, 0.3) is 0 Å². The number of aromatic amines is 1. The van der Waals surface area contributed by atoms with Crippen molar-refractivity contribution in [1.82, 2.24) is 15.1 Å². The number of fused-ring (bicyclic) bond motifs is 1. The predicted octanol–water partition coefficient (Wildman–Crippen LogP) is 3.94. The Morgan fingerprint density at radius 2 is 1.88 bits per heavy atom. The van der Waals surface area contributed by atoms with Crippen molar-refractivity contribution in [3.8, 4) is 11.1 Å². The van der Waals surface area contributed by atoms with Crippen molar-refractivity contribution in [1.29, 1.82) is 0 Å². The molecular weight excluding hydrogens is 322 g/mol. The number of nitrogens with one attached hydrogen (secondary N) is 1. The Bertz CT molecular complexity index is 892. The third-order valence-corrected chi connectivity index (χ3v) is 4.56. The zero-order valence-corrected chi connectivity index (χ0v) is 13.8. The van der Waals surface area contributed by atoms with E-state index in [1.54, 1.807) is 12.3 Å². The van der Waals surface area contributed by atoms with Gasteiger partial charge in [0.1, 0.15) is 0 Å². The Morgan fingerprint density at radius 3 is 2.64 bits per heavy atom. The second-order valence-corrected chi connectivity index (χ2v) is 6.32. The van der Waals surface area contributed by atoms with Crippen molar-refractivity contribution >= 4 is 11.4 Å². The Morgan fingerprint density at radius 1 is 1.00 bits per heavy atom. The summed E-state index contributed by atoms with van der Waals surface area (Å²) >= 11 is 0.